The summed E-state index contributed by atoms with van der Waals surface area (Å²) in [7, 11) is 0. The first-order chi connectivity index (χ1) is 6.11. The van der Waals surface area contributed by atoms with Crippen molar-refractivity contribution in [3.05, 3.63) is 26.9 Å². The highest BCUT2D eigenvalue weighted by Crippen LogP contribution is 2.33. The van der Waals surface area contributed by atoms with E-state index in [1.165, 1.54) is 6.20 Å². The molecule has 1 aliphatic heterocycles. The van der Waals surface area contributed by atoms with Crippen molar-refractivity contribution in [2.24, 2.45) is 0 Å². The molecule has 0 saturated carbocycles. The fourth-order valence-electron chi connectivity index (χ4n) is 1.23. The van der Waals surface area contributed by atoms with Crippen molar-refractivity contribution in [1.29, 1.82) is 0 Å². The third kappa shape index (κ3) is 1.23. The number of hydrogen-bond acceptors (Lipinski definition) is 3. The Morgan fingerprint density at radius 3 is 3.00 bits per heavy atom. The maximum Gasteiger partial charge on any atom is 0.257 e. The van der Waals surface area contributed by atoms with Crippen LogP contribution in [0, 0.1) is 0 Å². The molecule has 0 aromatic carbocycles. The van der Waals surface area contributed by atoms with Gasteiger partial charge in [-0.1, -0.05) is 11.6 Å². The highest BCUT2D eigenvalue weighted by atomic mass is 79.9. The second kappa shape index (κ2) is 2.94. The van der Waals surface area contributed by atoms with Crippen molar-refractivity contribution in [3.63, 3.8) is 0 Å². The van der Waals surface area contributed by atoms with Gasteiger partial charge in [0.15, 0.2) is 6.23 Å². The van der Waals surface area contributed by atoms with E-state index in [0.717, 1.165) is 0 Å². The van der Waals surface area contributed by atoms with Crippen LogP contribution in [0.3, 0.4) is 0 Å². The summed E-state index contributed by atoms with van der Waals surface area (Å²) in [4.78, 5) is 15.0. The molecule has 0 aliphatic carbocycles. The largest absolute Gasteiger partial charge is 0.369 e. The number of carbonyl (C=O) groups is 1. The van der Waals surface area contributed by atoms with Crippen LogP contribution < -0.4 is 5.32 Å². The molecule has 0 spiro atoms. The summed E-state index contributed by atoms with van der Waals surface area (Å²) < 4.78 is 0.567. The molecule has 68 valence electrons. The topological polar surface area (TPSA) is 62.2 Å². The molecule has 13 heavy (non-hydrogen) atoms. The minimum Gasteiger partial charge on any atom is -0.369 e. The molecule has 4 nitrogen and oxygen atoms in total. The molecule has 0 bridgehead atoms. The molecule has 2 N–H and O–H groups in total. The van der Waals surface area contributed by atoms with Crippen LogP contribution in [-0.2, 0) is 0 Å². The molecule has 2 heterocycles. The van der Waals surface area contributed by atoms with E-state index in [4.69, 9.17) is 11.6 Å². The third-order valence-electron chi connectivity index (χ3n) is 1.79. The van der Waals surface area contributed by atoms with Gasteiger partial charge in [0.2, 0.25) is 0 Å². The minimum absolute atomic E-state index is 0.104. The molecular weight excluding hydrogens is 259 g/mol. The standard InChI is InChI=1S/C7H4BrClN2O2/c8-2-1-10-5(9)4-3(2)6(12)11-7(4)13/h1,6,12H,(H,11,13). The van der Waals surface area contributed by atoms with Crippen LogP contribution in [0.4, 0.5) is 0 Å². The Hall–Kier alpha value is -0.650. The number of fused-ring (bicyclic) bond motifs is 1. The first kappa shape index (κ1) is 8.93. The van der Waals surface area contributed by atoms with Gasteiger partial charge in [0.25, 0.3) is 5.91 Å². The van der Waals surface area contributed by atoms with Gasteiger partial charge >= 0.3 is 0 Å². The number of carbonyl (C=O) groups excluding carboxylic acids is 1. The number of pyridine rings is 1. The smallest absolute Gasteiger partial charge is 0.257 e. The predicted octanol–water partition coefficient (Wildman–Crippen LogP) is 1.23. The summed E-state index contributed by atoms with van der Waals surface area (Å²) in [5, 5.41) is 11.8. The fraction of sp³-hybridized carbons (Fsp3) is 0.143. The van der Waals surface area contributed by atoms with E-state index in [0.29, 0.717) is 10.0 Å². The highest BCUT2D eigenvalue weighted by molar-refractivity contribution is 9.10. The minimum atomic E-state index is -1.00. The van der Waals surface area contributed by atoms with E-state index in [9.17, 15) is 9.90 Å². The van der Waals surface area contributed by atoms with Gasteiger partial charge in [0, 0.05) is 16.2 Å². The Kier molecular flexibility index (Phi) is 2.02. The summed E-state index contributed by atoms with van der Waals surface area (Å²) in [6, 6.07) is 0. The van der Waals surface area contributed by atoms with E-state index in [2.05, 4.69) is 26.2 Å². The first-order valence-corrected chi connectivity index (χ1v) is 4.61. The third-order valence-corrected chi connectivity index (χ3v) is 2.71. The Labute approximate surface area is 87.1 Å². The fourth-order valence-corrected chi connectivity index (χ4v) is 1.98. The van der Waals surface area contributed by atoms with Crippen molar-refractivity contribution in [2.75, 3.05) is 0 Å². The zero-order valence-electron chi connectivity index (χ0n) is 6.21. The maximum absolute atomic E-state index is 11.2. The zero-order chi connectivity index (χ0) is 9.59. The molecule has 0 fully saturated rings. The van der Waals surface area contributed by atoms with Crippen LogP contribution in [0.2, 0.25) is 5.15 Å². The monoisotopic (exact) mass is 262 g/mol. The number of nitrogens with zero attached hydrogens (tertiary/aromatic N) is 1. The van der Waals surface area contributed by atoms with Gasteiger partial charge in [-0.3, -0.25) is 4.79 Å². The van der Waals surface area contributed by atoms with Crippen LogP contribution in [0.5, 0.6) is 0 Å². The summed E-state index contributed by atoms with van der Waals surface area (Å²) in [6.45, 7) is 0. The number of aliphatic hydroxyl groups excluding tert-OH is 1. The lowest BCUT2D eigenvalue weighted by Crippen LogP contribution is -2.18. The molecule has 1 unspecified atom stereocenters. The second-order valence-corrected chi connectivity index (χ2v) is 3.77. The lowest BCUT2D eigenvalue weighted by Gasteiger charge is -2.04. The van der Waals surface area contributed by atoms with Crippen molar-refractivity contribution in [2.45, 2.75) is 6.23 Å². The number of halogens is 2. The van der Waals surface area contributed by atoms with Crippen molar-refractivity contribution < 1.29 is 9.90 Å². The Bertz CT molecular complexity index is 396. The molecule has 0 radical (unpaired) electrons. The molecule has 0 saturated heterocycles. The molecular formula is C7H4BrClN2O2. The summed E-state index contributed by atoms with van der Waals surface area (Å²) in [5.41, 5.74) is 0.688. The lowest BCUT2D eigenvalue weighted by molar-refractivity contribution is 0.0850. The van der Waals surface area contributed by atoms with Gasteiger partial charge in [-0.2, -0.15) is 0 Å². The first-order valence-electron chi connectivity index (χ1n) is 3.44. The Morgan fingerprint density at radius 2 is 2.38 bits per heavy atom. The second-order valence-electron chi connectivity index (χ2n) is 2.56. The normalized spacial score (nSPS) is 19.9. The lowest BCUT2D eigenvalue weighted by atomic mass is 10.2. The van der Waals surface area contributed by atoms with E-state index in [1.54, 1.807) is 0 Å². The molecule has 1 aromatic heterocycles. The zero-order valence-corrected chi connectivity index (χ0v) is 8.56. The van der Waals surface area contributed by atoms with E-state index >= 15 is 0 Å². The Balaban J connectivity index is 2.74. The number of aliphatic hydroxyl groups is 1. The highest BCUT2D eigenvalue weighted by Gasteiger charge is 2.31. The Morgan fingerprint density at radius 1 is 1.69 bits per heavy atom. The molecule has 1 atom stereocenters. The van der Waals surface area contributed by atoms with Crippen LogP contribution in [-0.4, -0.2) is 16.0 Å². The van der Waals surface area contributed by atoms with Gasteiger partial charge in [0.05, 0.1) is 5.56 Å². The van der Waals surface area contributed by atoms with Gasteiger partial charge in [0.1, 0.15) is 5.15 Å². The van der Waals surface area contributed by atoms with E-state index < -0.39 is 12.1 Å². The molecule has 1 amide bonds. The number of amides is 1. The summed E-state index contributed by atoms with van der Waals surface area (Å²) >= 11 is 8.87. The number of hydrogen-bond donors (Lipinski definition) is 2. The predicted molar refractivity (Wildman–Crippen MR) is 49.4 cm³/mol. The molecule has 1 aromatic rings. The van der Waals surface area contributed by atoms with Crippen LogP contribution in [0.15, 0.2) is 10.7 Å². The average Bonchev–Trinajstić information content (AvgIpc) is 2.36. The van der Waals surface area contributed by atoms with Gasteiger partial charge in [-0.15, -0.1) is 0 Å². The summed E-state index contributed by atoms with van der Waals surface area (Å²) in [6.07, 6.45) is 0.447. The average molecular weight is 263 g/mol. The molecule has 2 rings (SSSR count). The summed E-state index contributed by atoms with van der Waals surface area (Å²) in [5.74, 6) is -0.402. The van der Waals surface area contributed by atoms with Crippen molar-refractivity contribution in [1.82, 2.24) is 10.3 Å². The van der Waals surface area contributed by atoms with E-state index in [-0.39, 0.29) is 10.7 Å². The number of rotatable bonds is 0. The van der Waals surface area contributed by atoms with Crippen molar-refractivity contribution in [3.8, 4) is 0 Å². The van der Waals surface area contributed by atoms with E-state index in [1.807, 2.05) is 0 Å². The van der Waals surface area contributed by atoms with Crippen LogP contribution >= 0.6 is 27.5 Å². The van der Waals surface area contributed by atoms with Gasteiger partial charge < -0.3 is 10.4 Å². The maximum atomic E-state index is 11.2. The van der Waals surface area contributed by atoms with Crippen LogP contribution in [0.25, 0.3) is 0 Å². The molecule has 6 heteroatoms. The van der Waals surface area contributed by atoms with Crippen LogP contribution in [0.1, 0.15) is 22.1 Å². The molecule has 1 aliphatic rings. The van der Waals surface area contributed by atoms with Gasteiger partial charge in [-0.25, -0.2) is 4.98 Å². The quantitative estimate of drug-likeness (QED) is 0.692. The number of nitrogens with one attached hydrogen (secondary N) is 1. The SMILES string of the molecule is O=C1NC(O)c2c(Br)cnc(Cl)c21. The van der Waals surface area contributed by atoms with Gasteiger partial charge in [-0.05, 0) is 15.9 Å². The number of aromatic nitrogens is 1. The van der Waals surface area contributed by atoms with Crippen molar-refractivity contribution >= 4 is 33.4 Å².